The topological polar surface area (TPSA) is 12.0 Å². The molecule has 1 aliphatic carbocycles. The molecule has 0 bridgehead atoms. The van der Waals surface area contributed by atoms with Crippen LogP contribution in [0.2, 0.25) is 0 Å². The Kier molecular flexibility index (Phi) is 3.56. The summed E-state index contributed by atoms with van der Waals surface area (Å²) in [5.74, 6) is 0.948. The van der Waals surface area contributed by atoms with Crippen LogP contribution < -0.4 is 5.32 Å². The molecule has 19 heavy (non-hydrogen) atoms. The zero-order chi connectivity index (χ0) is 13.2. The highest BCUT2D eigenvalue weighted by Gasteiger charge is 2.26. The summed E-state index contributed by atoms with van der Waals surface area (Å²) < 4.78 is 0. The number of aryl methyl sites for hydroxylation is 1. The van der Waals surface area contributed by atoms with Gasteiger partial charge >= 0.3 is 0 Å². The van der Waals surface area contributed by atoms with Gasteiger partial charge in [-0.25, -0.2) is 0 Å². The van der Waals surface area contributed by atoms with Crippen LogP contribution >= 0.6 is 0 Å². The zero-order valence-corrected chi connectivity index (χ0v) is 11.9. The van der Waals surface area contributed by atoms with E-state index in [0.29, 0.717) is 6.04 Å². The molecule has 1 heteroatoms. The Bertz CT molecular complexity index is 569. The van der Waals surface area contributed by atoms with Crippen LogP contribution in [0, 0.1) is 12.8 Å². The van der Waals surface area contributed by atoms with Crippen molar-refractivity contribution >= 4 is 10.8 Å². The summed E-state index contributed by atoms with van der Waals surface area (Å²) in [6.45, 7) is 5.45. The van der Waals surface area contributed by atoms with E-state index in [1.165, 1.54) is 41.2 Å². The van der Waals surface area contributed by atoms with Gasteiger partial charge in [-0.2, -0.15) is 0 Å². The fourth-order valence-electron chi connectivity index (χ4n) is 3.03. The SMILES string of the molecule is CCNC(CC1CC1)c1ccc(C)c2ccccc12. The molecule has 0 spiro atoms. The molecule has 0 radical (unpaired) electrons. The summed E-state index contributed by atoms with van der Waals surface area (Å²) in [4.78, 5) is 0. The van der Waals surface area contributed by atoms with Crippen molar-refractivity contribution < 1.29 is 0 Å². The maximum absolute atomic E-state index is 3.68. The van der Waals surface area contributed by atoms with E-state index >= 15 is 0 Å². The lowest BCUT2D eigenvalue weighted by Gasteiger charge is -2.21. The average Bonchev–Trinajstić information content (AvgIpc) is 3.23. The van der Waals surface area contributed by atoms with Crippen molar-refractivity contribution in [3.63, 3.8) is 0 Å². The number of hydrogen-bond donors (Lipinski definition) is 1. The van der Waals surface area contributed by atoms with E-state index in [2.05, 4.69) is 55.6 Å². The number of hydrogen-bond acceptors (Lipinski definition) is 1. The largest absolute Gasteiger partial charge is 0.310 e. The molecule has 0 heterocycles. The molecule has 0 amide bonds. The molecule has 1 unspecified atom stereocenters. The second kappa shape index (κ2) is 5.34. The van der Waals surface area contributed by atoms with E-state index < -0.39 is 0 Å². The molecule has 1 aliphatic rings. The fourth-order valence-corrected chi connectivity index (χ4v) is 3.03. The molecule has 1 atom stereocenters. The molecule has 1 N–H and O–H groups in total. The predicted octanol–water partition coefficient (Wildman–Crippen LogP) is 4.60. The molecular formula is C18H23N. The van der Waals surface area contributed by atoms with Crippen molar-refractivity contribution in [1.29, 1.82) is 0 Å². The third-order valence-corrected chi connectivity index (χ3v) is 4.27. The molecule has 0 saturated heterocycles. The minimum atomic E-state index is 0.517. The average molecular weight is 253 g/mol. The number of rotatable bonds is 5. The summed E-state index contributed by atoms with van der Waals surface area (Å²) >= 11 is 0. The van der Waals surface area contributed by atoms with Crippen LogP contribution in [0.3, 0.4) is 0 Å². The van der Waals surface area contributed by atoms with Gasteiger partial charge in [-0.3, -0.25) is 0 Å². The van der Waals surface area contributed by atoms with Crippen molar-refractivity contribution in [1.82, 2.24) is 5.32 Å². The quantitative estimate of drug-likeness (QED) is 0.821. The fraction of sp³-hybridized carbons (Fsp3) is 0.444. The molecule has 0 aromatic heterocycles. The van der Waals surface area contributed by atoms with Crippen LogP contribution in [-0.4, -0.2) is 6.54 Å². The summed E-state index contributed by atoms with van der Waals surface area (Å²) in [6.07, 6.45) is 4.14. The van der Waals surface area contributed by atoms with Crippen LogP contribution in [0.5, 0.6) is 0 Å². The highest BCUT2D eigenvalue weighted by Crippen LogP contribution is 2.39. The lowest BCUT2D eigenvalue weighted by Crippen LogP contribution is -2.21. The molecule has 0 aliphatic heterocycles. The summed E-state index contributed by atoms with van der Waals surface area (Å²) in [7, 11) is 0. The zero-order valence-electron chi connectivity index (χ0n) is 11.9. The van der Waals surface area contributed by atoms with Crippen LogP contribution in [0.4, 0.5) is 0 Å². The minimum absolute atomic E-state index is 0.517. The Balaban J connectivity index is 2.03. The van der Waals surface area contributed by atoms with Gasteiger partial charge in [0.05, 0.1) is 0 Å². The Labute approximate surface area is 116 Å². The molecular weight excluding hydrogens is 230 g/mol. The molecule has 1 saturated carbocycles. The summed E-state index contributed by atoms with van der Waals surface area (Å²) in [5.41, 5.74) is 2.86. The molecule has 2 aromatic rings. The second-order valence-electron chi connectivity index (χ2n) is 5.81. The van der Waals surface area contributed by atoms with Crippen molar-refractivity contribution in [3.05, 3.63) is 47.5 Å². The van der Waals surface area contributed by atoms with E-state index in [0.717, 1.165) is 12.5 Å². The predicted molar refractivity (Wildman–Crippen MR) is 82.4 cm³/mol. The lowest BCUT2D eigenvalue weighted by molar-refractivity contribution is 0.489. The second-order valence-corrected chi connectivity index (χ2v) is 5.81. The lowest BCUT2D eigenvalue weighted by atomic mass is 9.93. The minimum Gasteiger partial charge on any atom is -0.310 e. The van der Waals surface area contributed by atoms with Crippen molar-refractivity contribution in [3.8, 4) is 0 Å². The maximum atomic E-state index is 3.68. The first-order valence-electron chi connectivity index (χ1n) is 7.51. The van der Waals surface area contributed by atoms with E-state index in [1.807, 2.05) is 0 Å². The molecule has 3 rings (SSSR count). The summed E-state index contributed by atoms with van der Waals surface area (Å²) in [6, 6.07) is 13.9. The third kappa shape index (κ3) is 2.66. The Morgan fingerprint density at radius 2 is 1.84 bits per heavy atom. The smallest absolute Gasteiger partial charge is 0.0328 e. The maximum Gasteiger partial charge on any atom is 0.0328 e. The highest BCUT2D eigenvalue weighted by atomic mass is 14.9. The van der Waals surface area contributed by atoms with Crippen molar-refractivity contribution in [2.24, 2.45) is 5.92 Å². The Morgan fingerprint density at radius 3 is 2.53 bits per heavy atom. The first-order chi connectivity index (χ1) is 9.29. The van der Waals surface area contributed by atoms with Crippen molar-refractivity contribution in [2.75, 3.05) is 6.54 Å². The van der Waals surface area contributed by atoms with Gasteiger partial charge in [0, 0.05) is 6.04 Å². The van der Waals surface area contributed by atoms with Gasteiger partial charge < -0.3 is 5.32 Å². The highest BCUT2D eigenvalue weighted by molar-refractivity contribution is 5.88. The van der Waals surface area contributed by atoms with Gasteiger partial charge in [0.25, 0.3) is 0 Å². The third-order valence-electron chi connectivity index (χ3n) is 4.27. The van der Waals surface area contributed by atoms with E-state index in [9.17, 15) is 0 Å². The monoisotopic (exact) mass is 253 g/mol. The molecule has 100 valence electrons. The van der Waals surface area contributed by atoms with Crippen LogP contribution in [0.25, 0.3) is 10.8 Å². The van der Waals surface area contributed by atoms with Crippen LogP contribution in [0.1, 0.15) is 43.4 Å². The standard InChI is InChI=1S/C18H23N/c1-3-19-18(12-14-9-10-14)17-11-8-13(2)15-6-4-5-7-16(15)17/h4-8,11,14,18-19H,3,9-10,12H2,1-2H3. The molecule has 2 aromatic carbocycles. The Morgan fingerprint density at radius 1 is 1.11 bits per heavy atom. The van der Waals surface area contributed by atoms with Gasteiger partial charge in [-0.1, -0.05) is 56.2 Å². The first kappa shape index (κ1) is 12.7. The van der Waals surface area contributed by atoms with Crippen LogP contribution in [0.15, 0.2) is 36.4 Å². The molecule has 1 nitrogen and oxygen atoms in total. The molecule has 1 fully saturated rings. The van der Waals surface area contributed by atoms with Gasteiger partial charge in [-0.15, -0.1) is 0 Å². The van der Waals surface area contributed by atoms with Crippen LogP contribution in [-0.2, 0) is 0 Å². The van der Waals surface area contributed by atoms with E-state index in [4.69, 9.17) is 0 Å². The van der Waals surface area contributed by atoms with Crippen molar-refractivity contribution in [2.45, 2.75) is 39.2 Å². The Hall–Kier alpha value is -1.34. The normalized spacial score (nSPS) is 16.7. The van der Waals surface area contributed by atoms with E-state index in [-0.39, 0.29) is 0 Å². The number of fused-ring (bicyclic) bond motifs is 1. The van der Waals surface area contributed by atoms with E-state index in [1.54, 1.807) is 0 Å². The number of benzene rings is 2. The van der Waals surface area contributed by atoms with Gasteiger partial charge in [0.15, 0.2) is 0 Å². The summed E-state index contributed by atoms with van der Waals surface area (Å²) in [5, 5.41) is 6.51. The first-order valence-corrected chi connectivity index (χ1v) is 7.51. The number of nitrogens with one attached hydrogen (secondary N) is 1. The van der Waals surface area contributed by atoms with Gasteiger partial charge in [0.2, 0.25) is 0 Å². The van der Waals surface area contributed by atoms with Gasteiger partial charge in [-0.05, 0) is 47.7 Å². The van der Waals surface area contributed by atoms with Gasteiger partial charge in [0.1, 0.15) is 0 Å².